The first-order valence-electron chi connectivity index (χ1n) is 8.69. The van der Waals surface area contributed by atoms with Crippen LogP contribution in [0, 0.1) is 20.9 Å². The second-order valence-electron chi connectivity index (χ2n) is 6.32. The SMILES string of the molecule is CS(=O)(=O)O.CS(=O)(=O)O.N=C(N)Nc1ccc(C(=O)Oc2ccc(C(=N)N)cc2[N+](=O)[O-])cc1. The number of nitro benzene ring substituents is 1. The van der Waals surface area contributed by atoms with E-state index in [1.165, 1.54) is 36.4 Å². The van der Waals surface area contributed by atoms with Gasteiger partial charge in [-0.15, -0.1) is 0 Å². The van der Waals surface area contributed by atoms with E-state index in [4.69, 9.17) is 36.1 Å². The second-order valence-corrected chi connectivity index (χ2v) is 9.26. The van der Waals surface area contributed by atoms with Crippen LogP contribution < -0.4 is 21.5 Å². The summed E-state index contributed by atoms with van der Waals surface area (Å²) in [6.45, 7) is 0. The van der Waals surface area contributed by atoms with E-state index < -0.39 is 36.8 Å². The number of amidine groups is 1. The monoisotopic (exact) mass is 534 g/mol. The Balaban J connectivity index is 0.000000975. The fraction of sp³-hybridized carbons (Fsp3) is 0.118. The topological polar surface area (TPSA) is 290 Å². The summed E-state index contributed by atoms with van der Waals surface area (Å²) in [4.78, 5) is 22.5. The highest BCUT2D eigenvalue weighted by Crippen LogP contribution is 2.28. The summed E-state index contributed by atoms with van der Waals surface area (Å²) < 4.78 is 56.8. The van der Waals surface area contributed by atoms with Crippen molar-refractivity contribution >= 4 is 49.4 Å². The number of nitrogens with one attached hydrogen (secondary N) is 3. The van der Waals surface area contributed by atoms with Crippen LogP contribution in [-0.4, -0.2) is 61.1 Å². The van der Waals surface area contributed by atoms with Crippen molar-refractivity contribution in [2.75, 3.05) is 17.8 Å². The summed E-state index contributed by atoms with van der Waals surface area (Å²) in [5.41, 5.74) is 10.8. The van der Waals surface area contributed by atoms with Gasteiger partial charge in [-0.05, 0) is 36.4 Å². The molecule has 0 saturated carbocycles. The van der Waals surface area contributed by atoms with Crippen molar-refractivity contribution in [2.45, 2.75) is 0 Å². The van der Waals surface area contributed by atoms with E-state index in [9.17, 15) is 31.7 Å². The number of hydrogen-bond donors (Lipinski definition) is 7. The van der Waals surface area contributed by atoms with E-state index in [1.54, 1.807) is 0 Å². The van der Waals surface area contributed by atoms with E-state index in [0.29, 0.717) is 18.2 Å². The number of rotatable bonds is 5. The predicted molar refractivity (Wildman–Crippen MR) is 126 cm³/mol. The zero-order valence-corrected chi connectivity index (χ0v) is 19.8. The van der Waals surface area contributed by atoms with Crippen LogP contribution in [0.2, 0.25) is 0 Å². The van der Waals surface area contributed by atoms with Crippen molar-refractivity contribution < 1.29 is 40.4 Å². The van der Waals surface area contributed by atoms with Gasteiger partial charge in [0.25, 0.3) is 20.2 Å². The highest BCUT2D eigenvalue weighted by Gasteiger charge is 2.20. The predicted octanol–water partition coefficient (Wildman–Crippen LogP) is 0.411. The fourth-order valence-electron chi connectivity index (χ4n) is 1.92. The molecule has 0 bridgehead atoms. The molecule has 2 aromatic carbocycles. The van der Waals surface area contributed by atoms with Crippen LogP contribution in [0.15, 0.2) is 42.5 Å². The number of esters is 1. The molecular weight excluding hydrogens is 512 g/mol. The van der Waals surface area contributed by atoms with Crippen LogP contribution in [0.1, 0.15) is 15.9 Å². The summed E-state index contributed by atoms with van der Waals surface area (Å²) in [6.07, 6.45) is 1.43. The number of guanidine groups is 1. The third-order valence-electron chi connectivity index (χ3n) is 3.07. The summed E-state index contributed by atoms with van der Waals surface area (Å²) in [5, 5.41) is 28.1. The minimum atomic E-state index is -3.67. The highest BCUT2D eigenvalue weighted by atomic mass is 32.2. The molecule has 0 atom stereocenters. The standard InChI is InChI=1S/C15H14N6O4.2CH4O3S/c16-13(17)9-3-6-12(11(7-9)21(23)24)25-14(22)8-1-4-10(5-2-8)20-15(18)19;2*1-5(2,3)4/h1-7H,(H3,16,17)(H4,18,19,20);2*1H3,(H,2,3,4). The number of ether oxygens (including phenoxy) is 1. The van der Waals surface area contributed by atoms with E-state index in [0.717, 1.165) is 6.07 Å². The zero-order valence-electron chi connectivity index (χ0n) is 18.1. The average molecular weight is 535 g/mol. The molecule has 0 aliphatic carbocycles. The summed E-state index contributed by atoms with van der Waals surface area (Å²) in [7, 11) is -7.33. The summed E-state index contributed by atoms with van der Waals surface area (Å²) in [5.74, 6) is -1.65. The van der Waals surface area contributed by atoms with Crippen LogP contribution >= 0.6 is 0 Å². The maximum absolute atomic E-state index is 12.1. The number of nitro groups is 1. The zero-order chi connectivity index (χ0) is 27.6. The Bertz CT molecular complexity index is 1260. The number of nitrogen functional groups attached to an aromatic ring is 1. The van der Waals surface area contributed by atoms with Gasteiger partial charge in [0, 0.05) is 17.3 Å². The Morgan fingerprint density at radius 1 is 0.971 bits per heavy atom. The van der Waals surface area contributed by atoms with Gasteiger partial charge in [0.2, 0.25) is 5.75 Å². The molecule has 0 amide bonds. The van der Waals surface area contributed by atoms with Crippen LogP contribution in [0.3, 0.4) is 0 Å². The molecule has 2 aromatic rings. The molecule has 0 aliphatic rings. The van der Waals surface area contributed by atoms with Crippen LogP contribution in [-0.2, 0) is 20.2 Å². The van der Waals surface area contributed by atoms with Gasteiger partial charge in [-0.3, -0.25) is 30.0 Å². The second kappa shape index (κ2) is 12.9. The molecule has 0 unspecified atom stereocenters. The number of nitrogens with two attached hydrogens (primary N) is 2. The third-order valence-corrected chi connectivity index (χ3v) is 3.07. The molecule has 35 heavy (non-hydrogen) atoms. The first-order chi connectivity index (χ1) is 15.8. The number of anilines is 1. The van der Waals surface area contributed by atoms with Gasteiger partial charge >= 0.3 is 11.7 Å². The quantitative estimate of drug-likeness (QED) is 0.0520. The fourth-order valence-corrected chi connectivity index (χ4v) is 1.92. The Labute approximate surface area is 199 Å². The van der Waals surface area contributed by atoms with Gasteiger partial charge < -0.3 is 21.5 Å². The van der Waals surface area contributed by atoms with Gasteiger partial charge in [0.1, 0.15) is 5.84 Å². The minimum Gasteiger partial charge on any atom is -0.416 e. The van der Waals surface area contributed by atoms with Crippen molar-refractivity contribution in [3.05, 3.63) is 63.7 Å². The van der Waals surface area contributed by atoms with E-state index in [1.807, 2.05) is 0 Å². The number of benzene rings is 2. The maximum atomic E-state index is 12.1. The van der Waals surface area contributed by atoms with E-state index in [2.05, 4.69) is 5.32 Å². The lowest BCUT2D eigenvalue weighted by atomic mass is 10.1. The molecular formula is C17H22N6O10S2. The minimum absolute atomic E-state index is 0.145. The first-order valence-corrected chi connectivity index (χ1v) is 12.4. The molecule has 0 aromatic heterocycles. The molecule has 2 rings (SSSR count). The number of hydrogen-bond acceptors (Lipinski definition) is 10. The molecule has 18 heteroatoms. The molecule has 0 spiro atoms. The molecule has 0 heterocycles. The van der Waals surface area contributed by atoms with E-state index >= 15 is 0 Å². The molecule has 192 valence electrons. The number of carbonyl (C=O) groups is 1. The molecule has 0 aliphatic heterocycles. The largest absolute Gasteiger partial charge is 0.416 e. The lowest BCUT2D eigenvalue weighted by Gasteiger charge is -2.08. The molecule has 9 N–H and O–H groups in total. The molecule has 0 fully saturated rings. The van der Waals surface area contributed by atoms with Gasteiger partial charge in [0.05, 0.1) is 23.0 Å². The third kappa shape index (κ3) is 15.4. The van der Waals surface area contributed by atoms with Gasteiger partial charge in [-0.25, -0.2) is 4.79 Å². The van der Waals surface area contributed by atoms with Crippen LogP contribution in [0.4, 0.5) is 11.4 Å². The van der Waals surface area contributed by atoms with Crippen molar-refractivity contribution in [2.24, 2.45) is 11.5 Å². The average Bonchev–Trinajstić information content (AvgIpc) is 2.65. The van der Waals surface area contributed by atoms with Crippen molar-refractivity contribution in [1.82, 2.24) is 0 Å². The van der Waals surface area contributed by atoms with Gasteiger partial charge in [-0.2, -0.15) is 16.8 Å². The van der Waals surface area contributed by atoms with Gasteiger partial charge in [0.15, 0.2) is 5.96 Å². The Morgan fingerprint density at radius 2 is 1.40 bits per heavy atom. The normalized spacial score (nSPS) is 10.4. The van der Waals surface area contributed by atoms with Crippen molar-refractivity contribution in [3.8, 4) is 5.75 Å². The molecule has 16 nitrogen and oxygen atoms in total. The van der Waals surface area contributed by atoms with Crippen LogP contribution in [0.25, 0.3) is 0 Å². The Kier molecular flexibility index (Phi) is 11.4. The Morgan fingerprint density at radius 3 is 1.77 bits per heavy atom. The highest BCUT2D eigenvalue weighted by molar-refractivity contribution is 7.85. The van der Waals surface area contributed by atoms with Crippen molar-refractivity contribution in [3.63, 3.8) is 0 Å². The number of carbonyl (C=O) groups excluding carboxylic acids is 1. The first kappa shape index (κ1) is 30.9. The summed E-state index contributed by atoms with van der Waals surface area (Å²) >= 11 is 0. The lowest BCUT2D eigenvalue weighted by Crippen LogP contribution is -2.20. The molecule has 0 radical (unpaired) electrons. The lowest BCUT2D eigenvalue weighted by molar-refractivity contribution is -0.385. The number of nitrogens with zero attached hydrogens (tertiary/aromatic N) is 1. The summed E-state index contributed by atoms with van der Waals surface area (Å²) in [6, 6.07) is 9.46. The van der Waals surface area contributed by atoms with E-state index in [-0.39, 0.29) is 28.7 Å². The van der Waals surface area contributed by atoms with Crippen molar-refractivity contribution in [1.29, 1.82) is 10.8 Å². The molecule has 0 saturated heterocycles. The van der Waals surface area contributed by atoms with Gasteiger partial charge in [-0.1, -0.05) is 0 Å². The smallest absolute Gasteiger partial charge is 0.343 e. The Hall–Kier alpha value is -4.13. The maximum Gasteiger partial charge on any atom is 0.343 e. The van der Waals surface area contributed by atoms with Crippen LogP contribution in [0.5, 0.6) is 5.75 Å².